The number of anilines is 1. The van der Waals surface area contributed by atoms with Crippen molar-refractivity contribution in [2.75, 3.05) is 51.1 Å². The van der Waals surface area contributed by atoms with Crippen molar-refractivity contribution >= 4 is 17.5 Å². The third kappa shape index (κ3) is 8.13. The second-order valence-electron chi connectivity index (χ2n) is 6.82. The molecule has 1 fully saturated rings. The van der Waals surface area contributed by atoms with Crippen molar-refractivity contribution in [3.05, 3.63) is 24.3 Å². The Balaban J connectivity index is 1.70. The molecule has 0 unspecified atom stereocenters. The number of amides is 2. The molecule has 2 amide bonds. The van der Waals surface area contributed by atoms with Gasteiger partial charge in [0.05, 0.1) is 0 Å². The minimum absolute atomic E-state index is 0.0518. The summed E-state index contributed by atoms with van der Waals surface area (Å²) in [7, 11) is 0. The Morgan fingerprint density at radius 2 is 1.54 bits per heavy atom. The monoisotopic (exact) mass is 404 g/mol. The van der Waals surface area contributed by atoms with Crippen LogP contribution >= 0.6 is 0 Å². The minimum atomic E-state index is -4.74. The first-order valence-electron chi connectivity index (χ1n) is 9.34. The summed E-state index contributed by atoms with van der Waals surface area (Å²) in [5, 5.41) is 5.54. The molecule has 0 atom stereocenters. The average Bonchev–Trinajstić information content (AvgIpc) is 2.62. The summed E-state index contributed by atoms with van der Waals surface area (Å²) < 4.78 is 40.2. The zero-order valence-corrected chi connectivity index (χ0v) is 15.8. The van der Waals surface area contributed by atoms with Crippen molar-refractivity contribution in [2.45, 2.75) is 19.7 Å². The number of ether oxygens (including phenoxy) is 1. The van der Waals surface area contributed by atoms with E-state index in [-0.39, 0.29) is 24.1 Å². The Bertz CT molecular complexity index is 644. The smallest absolute Gasteiger partial charge is 0.406 e. The van der Waals surface area contributed by atoms with Gasteiger partial charge in [0, 0.05) is 12.2 Å². The second kappa shape index (κ2) is 10.3. The van der Waals surface area contributed by atoms with E-state index in [9.17, 15) is 22.8 Å². The molecule has 4 N–H and O–H groups in total. The highest BCUT2D eigenvalue weighted by Crippen LogP contribution is 2.23. The summed E-state index contributed by atoms with van der Waals surface area (Å²) >= 11 is 0. The van der Waals surface area contributed by atoms with Gasteiger partial charge in [-0.25, -0.2) is 0 Å². The summed E-state index contributed by atoms with van der Waals surface area (Å²) in [5.41, 5.74) is 0.413. The van der Waals surface area contributed by atoms with Crippen molar-refractivity contribution in [2.24, 2.45) is 0 Å². The van der Waals surface area contributed by atoms with E-state index in [1.54, 1.807) is 0 Å². The Kier molecular flexibility index (Phi) is 8.06. The first-order valence-corrected chi connectivity index (χ1v) is 9.34. The van der Waals surface area contributed by atoms with Gasteiger partial charge in [-0.3, -0.25) is 9.59 Å². The van der Waals surface area contributed by atoms with Crippen LogP contribution in [-0.4, -0.2) is 64.0 Å². The van der Waals surface area contributed by atoms with Gasteiger partial charge in [0.2, 0.25) is 0 Å². The molecule has 1 aromatic rings. The Morgan fingerprint density at radius 1 is 1.00 bits per heavy atom. The van der Waals surface area contributed by atoms with Crippen LogP contribution in [0.15, 0.2) is 24.3 Å². The quantitative estimate of drug-likeness (QED) is 0.441. The lowest BCUT2D eigenvalue weighted by Gasteiger charge is -2.28. The highest BCUT2D eigenvalue weighted by molar-refractivity contribution is 5.91. The number of halogens is 3. The lowest BCUT2D eigenvalue weighted by molar-refractivity contribution is -1.00. The summed E-state index contributed by atoms with van der Waals surface area (Å²) in [5.74, 6) is -0.488. The maximum Gasteiger partial charge on any atom is 0.573 e. The summed E-state index contributed by atoms with van der Waals surface area (Å²) in [6.07, 6.45) is -3.83. The van der Waals surface area contributed by atoms with Crippen molar-refractivity contribution in [1.82, 2.24) is 5.32 Å². The number of carbonyl (C=O) groups is 2. The van der Waals surface area contributed by atoms with E-state index < -0.39 is 6.36 Å². The number of quaternary nitrogens is 2. The first kappa shape index (κ1) is 22.0. The van der Waals surface area contributed by atoms with Crippen LogP contribution in [0.25, 0.3) is 0 Å². The van der Waals surface area contributed by atoms with Crippen molar-refractivity contribution in [3.8, 4) is 5.75 Å². The van der Waals surface area contributed by atoms with E-state index in [0.29, 0.717) is 18.8 Å². The van der Waals surface area contributed by atoms with Gasteiger partial charge < -0.3 is 25.2 Å². The summed E-state index contributed by atoms with van der Waals surface area (Å²) in [6, 6.07) is 5.04. The number of carbonyl (C=O) groups excluding carboxylic acids is 2. The molecule has 1 heterocycles. The first-order chi connectivity index (χ1) is 13.2. The van der Waals surface area contributed by atoms with E-state index >= 15 is 0 Å². The van der Waals surface area contributed by atoms with E-state index in [1.165, 1.54) is 17.0 Å². The molecule has 0 spiro atoms. The summed E-state index contributed by atoms with van der Waals surface area (Å²) in [4.78, 5) is 26.2. The fourth-order valence-electron chi connectivity index (χ4n) is 3.04. The Labute approximate surface area is 161 Å². The van der Waals surface area contributed by atoms with E-state index in [1.807, 2.05) is 6.92 Å². The van der Waals surface area contributed by atoms with Crippen molar-refractivity contribution < 1.29 is 37.3 Å². The zero-order chi connectivity index (χ0) is 20.6. The van der Waals surface area contributed by atoms with Crippen LogP contribution in [0.1, 0.15) is 13.3 Å². The number of benzene rings is 1. The molecule has 0 radical (unpaired) electrons. The lowest BCUT2D eigenvalue weighted by atomic mass is 10.3. The van der Waals surface area contributed by atoms with Crippen LogP contribution < -0.4 is 25.2 Å². The van der Waals surface area contributed by atoms with Gasteiger partial charge in [-0.1, -0.05) is 6.92 Å². The highest BCUT2D eigenvalue weighted by atomic mass is 19.4. The molecule has 0 bridgehead atoms. The molecule has 1 saturated heterocycles. The van der Waals surface area contributed by atoms with E-state index in [0.717, 1.165) is 49.6 Å². The average molecular weight is 404 g/mol. The van der Waals surface area contributed by atoms with Gasteiger partial charge in [-0.2, -0.15) is 0 Å². The van der Waals surface area contributed by atoms with Gasteiger partial charge in [0.1, 0.15) is 31.9 Å². The predicted octanol–water partition coefficient (Wildman–Crippen LogP) is -1.17. The van der Waals surface area contributed by atoms with Crippen LogP contribution in [0.4, 0.5) is 18.9 Å². The van der Waals surface area contributed by atoms with Gasteiger partial charge in [-0.05, 0) is 30.7 Å². The SMILES string of the molecule is CCCNC(=O)C[NH+]1CC[NH+](CC(=O)Nc2ccc(OC(F)(F)F)cc2)CC1. The topological polar surface area (TPSA) is 76.3 Å². The third-order valence-corrected chi connectivity index (χ3v) is 4.43. The van der Waals surface area contributed by atoms with Gasteiger partial charge >= 0.3 is 6.36 Å². The minimum Gasteiger partial charge on any atom is -0.406 e. The molecule has 156 valence electrons. The molecule has 7 nitrogen and oxygen atoms in total. The van der Waals surface area contributed by atoms with Gasteiger partial charge in [-0.15, -0.1) is 13.2 Å². The van der Waals surface area contributed by atoms with Gasteiger partial charge in [0.25, 0.3) is 11.8 Å². The van der Waals surface area contributed by atoms with Crippen LogP contribution in [0.2, 0.25) is 0 Å². The number of hydrogen-bond acceptors (Lipinski definition) is 3. The zero-order valence-electron chi connectivity index (χ0n) is 15.8. The largest absolute Gasteiger partial charge is 0.573 e. The van der Waals surface area contributed by atoms with Crippen molar-refractivity contribution in [1.29, 1.82) is 0 Å². The van der Waals surface area contributed by atoms with Crippen molar-refractivity contribution in [3.63, 3.8) is 0 Å². The van der Waals surface area contributed by atoms with E-state index in [4.69, 9.17) is 0 Å². The van der Waals surface area contributed by atoms with Crippen LogP contribution in [0.3, 0.4) is 0 Å². The fraction of sp³-hybridized carbons (Fsp3) is 0.556. The highest BCUT2D eigenvalue weighted by Gasteiger charge is 2.31. The summed E-state index contributed by atoms with van der Waals surface area (Å²) in [6.45, 7) is 6.60. The molecular weight excluding hydrogens is 377 g/mol. The Hall–Kier alpha value is -2.33. The van der Waals surface area contributed by atoms with Gasteiger partial charge in [0.15, 0.2) is 13.1 Å². The molecule has 1 aromatic carbocycles. The molecular formula is C18H27F3N4O3+2. The molecule has 1 aliphatic rings. The number of piperazine rings is 1. The molecule has 0 saturated carbocycles. The van der Waals surface area contributed by atoms with E-state index in [2.05, 4.69) is 15.4 Å². The lowest BCUT2D eigenvalue weighted by Crippen LogP contribution is -3.28. The molecule has 2 rings (SSSR count). The number of rotatable bonds is 8. The van der Waals surface area contributed by atoms with Crippen LogP contribution in [-0.2, 0) is 9.59 Å². The molecule has 0 aliphatic carbocycles. The van der Waals surface area contributed by atoms with Crippen LogP contribution in [0.5, 0.6) is 5.75 Å². The normalized spacial score (nSPS) is 19.7. The standard InChI is InChI=1S/C18H25F3N4O3/c1-2-7-22-16(26)12-24-8-10-25(11-9-24)13-17(27)23-14-3-5-15(6-4-14)28-18(19,20)21/h3-6H,2,7-13H2,1H3,(H,22,26)(H,23,27)/p+2. The second-order valence-corrected chi connectivity index (χ2v) is 6.82. The number of nitrogens with one attached hydrogen (secondary N) is 4. The maximum atomic E-state index is 12.2. The molecule has 28 heavy (non-hydrogen) atoms. The van der Waals surface area contributed by atoms with Crippen LogP contribution in [0, 0.1) is 0 Å². The predicted molar refractivity (Wildman–Crippen MR) is 96.2 cm³/mol. The third-order valence-electron chi connectivity index (χ3n) is 4.43. The molecule has 0 aromatic heterocycles. The Morgan fingerprint density at radius 3 is 2.04 bits per heavy atom. The molecule has 1 aliphatic heterocycles. The fourth-order valence-corrected chi connectivity index (χ4v) is 3.04. The molecule has 10 heteroatoms. The number of hydrogen-bond donors (Lipinski definition) is 4. The maximum absolute atomic E-state index is 12.2. The number of alkyl halides is 3.